The first-order valence-corrected chi connectivity index (χ1v) is 5.59. The number of carbonyl (C=O) groups excluding carboxylic acids is 1. The minimum absolute atomic E-state index is 0.103. The van der Waals surface area contributed by atoms with Crippen LogP contribution >= 0.6 is 0 Å². The van der Waals surface area contributed by atoms with Crippen LogP contribution in [-0.2, 0) is 0 Å². The van der Waals surface area contributed by atoms with Gasteiger partial charge in [-0.15, -0.1) is 0 Å². The number of nitrogens with one attached hydrogen (secondary N) is 2. The summed E-state index contributed by atoms with van der Waals surface area (Å²) in [6.07, 6.45) is 0.771. The second-order valence-electron chi connectivity index (χ2n) is 4.39. The van der Waals surface area contributed by atoms with Gasteiger partial charge >= 0.3 is 0 Å². The molecule has 0 saturated carbocycles. The number of aromatic amines is 1. The molecule has 1 atom stereocenters. The van der Waals surface area contributed by atoms with Crippen LogP contribution in [0, 0.1) is 0 Å². The van der Waals surface area contributed by atoms with E-state index in [9.17, 15) is 4.79 Å². The number of hydrogen-bond donors (Lipinski definition) is 3. The molecule has 0 spiro atoms. The zero-order valence-electron chi connectivity index (χ0n) is 10.1. The van der Waals surface area contributed by atoms with Gasteiger partial charge in [-0.05, 0) is 25.3 Å². The number of rotatable bonds is 5. The van der Waals surface area contributed by atoms with Crippen LogP contribution in [0.2, 0.25) is 0 Å². The van der Waals surface area contributed by atoms with Crippen LogP contribution in [0.15, 0.2) is 6.07 Å². The smallest absolute Gasteiger partial charge is 0.271 e. The Kier molecular flexibility index (Phi) is 4.49. The summed E-state index contributed by atoms with van der Waals surface area (Å²) in [6, 6.07) is 1.89. The average Bonchev–Trinajstić information content (AvgIpc) is 2.65. The molecule has 90 valence electrons. The number of H-pyrrole nitrogens is 1. The molecule has 0 bridgehead atoms. The Labute approximate surface area is 95.8 Å². The second kappa shape index (κ2) is 5.65. The summed E-state index contributed by atoms with van der Waals surface area (Å²) in [4.78, 5) is 11.6. The van der Waals surface area contributed by atoms with Crippen molar-refractivity contribution in [3.05, 3.63) is 17.5 Å². The van der Waals surface area contributed by atoms with E-state index in [4.69, 9.17) is 5.73 Å². The number of hydrogen-bond acceptors (Lipinski definition) is 3. The van der Waals surface area contributed by atoms with Gasteiger partial charge in [0.2, 0.25) is 0 Å². The van der Waals surface area contributed by atoms with Crippen LogP contribution in [0.5, 0.6) is 0 Å². The Balaban J connectivity index is 2.46. The van der Waals surface area contributed by atoms with Gasteiger partial charge in [0.15, 0.2) is 0 Å². The summed E-state index contributed by atoms with van der Waals surface area (Å²) in [7, 11) is 0. The van der Waals surface area contributed by atoms with E-state index in [1.165, 1.54) is 0 Å². The highest BCUT2D eigenvalue weighted by Gasteiger charge is 2.11. The van der Waals surface area contributed by atoms with Crippen molar-refractivity contribution in [2.45, 2.75) is 39.2 Å². The van der Waals surface area contributed by atoms with E-state index in [1.807, 2.05) is 20.8 Å². The second-order valence-corrected chi connectivity index (χ2v) is 4.39. The highest BCUT2D eigenvalue weighted by atomic mass is 16.1. The fourth-order valence-electron chi connectivity index (χ4n) is 1.25. The van der Waals surface area contributed by atoms with E-state index in [-0.39, 0.29) is 11.9 Å². The van der Waals surface area contributed by atoms with Crippen molar-refractivity contribution in [1.29, 1.82) is 0 Å². The molecule has 0 fully saturated rings. The lowest BCUT2D eigenvalue weighted by molar-refractivity contribution is 0.0948. The van der Waals surface area contributed by atoms with Crippen LogP contribution in [0.25, 0.3) is 0 Å². The Morgan fingerprint density at radius 3 is 2.75 bits per heavy atom. The molecule has 1 amide bonds. The van der Waals surface area contributed by atoms with E-state index in [0.29, 0.717) is 18.2 Å². The van der Waals surface area contributed by atoms with Crippen LogP contribution in [0.3, 0.4) is 0 Å². The summed E-state index contributed by atoms with van der Waals surface area (Å²) >= 11 is 0. The molecule has 0 radical (unpaired) electrons. The minimum Gasteiger partial charge on any atom is -0.351 e. The fourth-order valence-corrected chi connectivity index (χ4v) is 1.25. The Morgan fingerprint density at radius 2 is 2.25 bits per heavy atom. The van der Waals surface area contributed by atoms with E-state index >= 15 is 0 Å². The fraction of sp³-hybridized carbons (Fsp3) is 0.636. The molecule has 0 aliphatic carbocycles. The third-order valence-electron chi connectivity index (χ3n) is 2.34. The molecule has 0 aliphatic rings. The van der Waals surface area contributed by atoms with Crippen LogP contribution < -0.4 is 11.1 Å². The van der Waals surface area contributed by atoms with Crippen molar-refractivity contribution in [3.63, 3.8) is 0 Å². The molecule has 1 aromatic rings. The Bertz CT molecular complexity index is 344. The van der Waals surface area contributed by atoms with Gasteiger partial charge in [0, 0.05) is 18.3 Å². The SMILES string of the molecule is CC(N)CCNC(=O)c1cc(C(C)C)[nH]n1. The summed E-state index contributed by atoms with van der Waals surface area (Å²) < 4.78 is 0. The molecular formula is C11H20N4O. The number of amides is 1. The molecule has 4 N–H and O–H groups in total. The number of carbonyl (C=O) groups is 1. The number of nitrogens with two attached hydrogens (primary N) is 1. The first-order valence-electron chi connectivity index (χ1n) is 5.59. The first kappa shape index (κ1) is 12.7. The van der Waals surface area contributed by atoms with Gasteiger partial charge in [-0.3, -0.25) is 9.89 Å². The van der Waals surface area contributed by atoms with Gasteiger partial charge in [0.25, 0.3) is 5.91 Å². The van der Waals surface area contributed by atoms with E-state index in [1.54, 1.807) is 6.07 Å². The van der Waals surface area contributed by atoms with Crippen molar-refractivity contribution in [1.82, 2.24) is 15.5 Å². The van der Waals surface area contributed by atoms with Crippen molar-refractivity contribution in [3.8, 4) is 0 Å². The van der Waals surface area contributed by atoms with Gasteiger partial charge in [-0.1, -0.05) is 13.8 Å². The molecule has 0 saturated heterocycles. The van der Waals surface area contributed by atoms with Crippen LogP contribution in [-0.4, -0.2) is 28.7 Å². The topological polar surface area (TPSA) is 83.8 Å². The monoisotopic (exact) mass is 224 g/mol. The molecule has 5 heteroatoms. The molecular weight excluding hydrogens is 204 g/mol. The standard InChI is InChI=1S/C11H20N4O/c1-7(2)9-6-10(15-14-9)11(16)13-5-4-8(3)12/h6-8H,4-5,12H2,1-3H3,(H,13,16)(H,14,15). The van der Waals surface area contributed by atoms with Gasteiger partial charge < -0.3 is 11.1 Å². The lowest BCUT2D eigenvalue weighted by Crippen LogP contribution is -2.29. The molecule has 0 aliphatic heterocycles. The molecule has 0 aromatic carbocycles. The molecule has 1 aromatic heterocycles. The van der Waals surface area contributed by atoms with Crippen molar-refractivity contribution in [2.75, 3.05) is 6.54 Å². The van der Waals surface area contributed by atoms with Crippen LogP contribution in [0.4, 0.5) is 0 Å². The molecule has 1 rings (SSSR count). The minimum atomic E-state index is -0.149. The van der Waals surface area contributed by atoms with E-state index in [2.05, 4.69) is 15.5 Å². The molecule has 16 heavy (non-hydrogen) atoms. The zero-order valence-corrected chi connectivity index (χ0v) is 10.1. The van der Waals surface area contributed by atoms with Crippen molar-refractivity contribution >= 4 is 5.91 Å². The lowest BCUT2D eigenvalue weighted by Gasteiger charge is -2.05. The normalized spacial score (nSPS) is 12.8. The Morgan fingerprint density at radius 1 is 1.56 bits per heavy atom. The van der Waals surface area contributed by atoms with Crippen molar-refractivity contribution < 1.29 is 4.79 Å². The summed E-state index contributed by atoms with van der Waals surface area (Å²) in [6.45, 7) is 6.59. The van der Waals surface area contributed by atoms with E-state index < -0.39 is 0 Å². The van der Waals surface area contributed by atoms with Gasteiger partial charge in [0.05, 0.1) is 0 Å². The maximum absolute atomic E-state index is 11.6. The number of aromatic nitrogens is 2. The lowest BCUT2D eigenvalue weighted by atomic mass is 10.1. The van der Waals surface area contributed by atoms with Crippen molar-refractivity contribution in [2.24, 2.45) is 5.73 Å². The van der Waals surface area contributed by atoms with Crippen LogP contribution in [0.1, 0.15) is 49.3 Å². The third-order valence-corrected chi connectivity index (χ3v) is 2.34. The van der Waals surface area contributed by atoms with Gasteiger partial charge in [0.1, 0.15) is 5.69 Å². The average molecular weight is 224 g/mol. The first-order chi connectivity index (χ1) is 7.50. The Hall–Kier alpha value is -1.36. The molecule has 5 nitrogen and oxygen atoms in total. The molecule has 1 heterocycles. The predicted molar refractivity (Wildman–Crippen MR) is 63.3 cm³/mol. The largest absolute Gasteiger partial charge is 0.351 e. The van der Waals surface area contributed by atoms with Gasteiger partial charge in [-0.2, -0.15) is 5.10 Å². The quantitative estimate of drug-likeness (QED) is 0.697. The summed E-state index contributed by atoms with van der Waals surface area (Å²) in [5.74, 6) is 0.196. The maximum Gasteiger partial charge on any atom is 0.271 e. The summed E-state index contributed by atoms with van der Waals surface area (Å²) in [5.41, 5.74) is 7.00. The predicted octanol–water partition coefficient (Wildman–Crippen LogP) is 1.00. The van der Waals surface area contributed by atoms with Gasteiger partial charge in [-0.25, -0.2) is 0 Å². The summed E-state index contributed by atoms with van der Waals surface area (Å²) in [5, 5.41) is 9.60. The van der Waals surface area contributed by atoms with E-state index in [0.717, 1.165) is 12.1 Å². The third kappa shape index (κ3) is 3.66. The maximum atomic E-state index is 11.6. The zero-order chi connectivity index (χ0) is 12.1. The highest BCUT2D eigenvalue weighted by Crippen LogP contribution is 2.11. The number of nitrogens with zero attached hydrogens (tertiary/aromatic N) is 1. The highest BCUT2D eigenvalue weighted by molar-refractivity contribution is 5.92. The molecule has 1 unspecified atom stereocenters.